The Bertz CT molecular complexity index is 1050. The Morgan fingerprint density at radius 2 is 1.83 bits per heavy atom. The third-order valence-electron chi connectivity index (χ3n) is 4.43. The van der Waals surface area contributed by atoms with Crippen LogP contribution in [0.2, 0.25) is 0 Å². The molecule has 2 aromatic carbocycles. The number of benzene rings is 2. The third kappa shape index (κ3) is 4.82. The van der Waals surface area contributed by atoms with Gasteiger partial charge in [-0.3, -0.25) is 14.4 Å². The summed E-state index contributed by atoms with van der Waals surface area (Å²) in [6.45, 7) is 2.96. The van der Waals surface area contributed by atoms with Crippen molar-refractivity contribution in [1.29, 1.82) is 0 Å². The lowest BCUT2D eigenvalue weighted by Gasteiger charge is -2.13. The molecule has 0 aliphatic heterocycles. The Labute approximate surface area is 167 Å². The van der Waals surface area contributed by atoms with Crippen LogP contribution < -0.4 is 10.1 Å². The lowest BCUT2D eigenvalue weighted by molar-refractivity contribution is -0.152. The van der Waals surface area contributed by atoms with E-state index in [1.165, 1.54) is 20.1 Å². The summed E-state index contributed by atoms with van der Waals surface area (Å²) < 4.78 is 15.8. The van der Waals surface area contributed by atoms with Gasteiger partial charge in [0, 0.05) is 28.3 Å². The van der Waals surface area contributed by atoms with Gasteiger partial charge in [0.1, 0.15) is 11.3 Å². The number of fused-ring (bicyclic) bond motifs is 1. The van der Waals surface area contributed by atoms with Gasteiger partial charge in [0.2, 0.25) is 0 Å². The number of anilines is 1. The number of esters is 1. The number of Topliss-reactive ketones (excluding diaryl/α,β-unsaturated/α-hetero) is 1. The molecule has 1 amide bonds. The normalized spacial score (nSPS) is 11.7. The largest absolute Gasteiger partial charge is 0.497 e. The van der Waals surface area contributed by atoms with Crippen molar-refractivity contribution < 1.29 is 28.3 Å². The summed E-state index contributed by atoms with van der Waals surface area (Å²) in [7, 11) is 1.56. The lowest BCUT2D eigenvalue weighted by Crippen LogP contribution is -2.30. The highest BCUT2D eigenvalue weighted by atomic mass is 16.5. The van der Waals surface area contributed by atoms with Gasteiger partial charge in [-0.15, -0.1) is 0 Å². The number of carbonyl (C=O) groups is 3. The molecule has 0 spiro atoms. The van der Waals surface area contributed by atoms with Gasteiger partial charge in [0.25, 0.3) is 5.91 Å². The van der Waals surface area contributed by atoms with Crippen molar-refractivity contribution in [3.63, 3.8) is 0 Å². The highest BCUT2D eigenvalue weighted by Gasteiger charge is 2.20. The van der Waals surface area contributed by atoms with E-state index in [9.17, 15) is 14.4 Å². The minimum Gasteiger partial charge on any atom is -0.497 e. The fourth-order valence-electron chi connectivity index (χ4n) is 2.81. The maximum absolute atomic E-state index is 12.3. The molecule has 0 aliphatic carbocycles. The van der Waals surface area contributed by atoms with Crippen LogP contribution in [-0.4, -0.2) is 30.9 Å². The van der Waals surface area contributed by atoms with Crippen LogP contribution in [-0.2, 0) is 20.7 Å². The van der Waals surface area contributed by atoms with E-state index in [0.29, 0.717) is 28.1 Å². The van der Waals surface area contributed by atoms with Gasteiger partial charge in [-0.2, -0.15) is 0 Å². The highest BCUT2D eigenvalue weighted by Crippen LogP contribution is 2.26. The van der Waals surface area contributed by atoms with E-state index < -0.39 is 18.0 Å². The molecule has 1 atom stereocenters. The zero-order valence-electron chi connectivity index (χ0n) is 16.4. The van der Waals surface area contributed by atoms with Crippen molar-refractivity contribution in [3.8, 4) is 5.75 Å². The van der Waals surface area contributed by atoms with E-state index >= 15 is 0 Å². The molecule has 7 nitrogen and oxygen atoms in total. The van der Waals surface area contributed by atoms with Gasteiger partial charge in [0.15, 0.2) is 11.9 Å². The molecule has 0 saturated heterocycles. The summed E-state index contributed by atoms with van der Waals surface area (Å²) in [5, 5.41) is 3.44. The van der Waals surface area contributed by atoms with Gasteiger partial charge in [0.05, 0.1) is 19.8 Å². The second kappa shape index (κ2) is 8.60. The molecule has 7 heteroatoms. The molecule has 0 unspecified atom stereocenters. The van der Waals surface area contributed by atoms with E-state index in [1.807, 2.05) is 0 Å². The van der Waals surface area contributed by atoms with Crippen LogP contribution in [0.4, 0.5) is 5.69 Å². The summed E-state index contributed by atoms with van der Waals surface area (Å²) >= 11 is 0. The van der Waals surface area contributed by atoms with Gasteiger partial charge in [-0.25, -0.2) is 0 Å². The molecule has 1 N–H and O–H groups in total. The third-order valence-corrected chi connectivity index (χ3v) is 4.43. The number of amides is 1. The number of carbonyl (C=O) groups excluding carboxylic acids is 3. The molecule has 0 bridgehead atoms. The van der Waals surface area contributed by atoms with Gasteiger partial charge < -0.3 is 19.2 Å². The molecule has 0 fully saturated rings. The molecule has 1 heterocycles. The molecule has 29 heavy (non-hydrogen) atoms. The highest BCUT2D eigenvalue weighted by molar-refractivity contribution is 5.97. The van der Waals surface area contributed by atoms with Crippen molar-refractivity contribution in [2.24, 2.45) is 0 Å². The van der Waals surface area contributed by atoms with Crippen LogP contribution >= 0.6 is 0 Å². The average molecular weight is 395 g/mol. The minimum absolute atomic E-state index is 0.0236. The van der Waals surface area contributed by atoms with Crippen molar-refractivity contribution in [1.82, 2.24) is 0 Å². The van der Waals surface area contributed by atoms with E-state index in [1.54, 1.807) is 49.6 Å². The van der Waals surface area contributed by atoms with Crippen LogP contribution in [0, 0.1) is 0 Å². The molecule has 0 aliphatic rings. The number of methoxy groups -OCH3 is 1. The Balaban J connectivity index is 1.58. The van der Waals surface area contributed by atoms with Crippen LogP contribution in [0.15, 0.2) is 53.1 Å². The molecule has 1 aromatic heterocycles. The Morgan fingerprint density at radius 3 is 2.48 bits per heavy atom. The zero-order valence-corrected chi connectivity index (χ0v) is 16.4. The van der Waals surface area contributed by atoms with E-state index in [0.717, 1.165) is 5.39 Å². The van der Waals surface area contributed by atoms with Crippen molar-refractivity contribution in [2.45, 2.75) is 26.4 Å². The zero-order chi connectivity index (χ0) is 21.0. The van der Waals surface area contributed by atoms with Crippen molar-refractivity contribution in [3.05, 3.63) is 59.9 Å². The number of furan rings is 1. The van der Waals surface area contributed by atoms with Crippen molar-refractivity contribution >= 4 is 34.3 Å². The smallest absolute Gasteiger partial charge is 0.311 e. The maximum atomic E-state index is 12.3. The number of nitrogens with one attached hydrogen (secondary N) is 1. The number of ether oxygens (including phenoxy) is 2. The quantitative estimate of drug-likeness (QED) is 0.484. The Kier molecular flexibility index (Phi) is 5.97. The molecule has 0 radical (unpaired) electrons. The van der Waals surface area contributed by atoms with Gasteiger partial charge in [-0.1, -0.05) is 0 Å². The van der Waals surface area contributed by atoms with E-state index in [-0.39, 0.29) is 12.2 Å². The number of hydrogen-bond acceptors (Lipinski definition) is 6. The molecule has 3 aromatic rings. The first kappa shape index (κ1) is 20.1. The maximum Gasteiger partial charge on any atom is 0.311 e. The van der Waals surface area contributed by atoms with Crippen LogP contribution in [0.1, 0.15) is 29.8 Å². The van der Waals surface area contributed by atoms with Crippen molar-refractivity contribution in [2.75, 3.05) is 12.4 Å². The number of hydrogen-bond donors (Lipinski definition) is 1. The monoisotopic (exact) mass is 395 g/mol. The van der Waals surface area contributed by atoms with Gasteiger partial charge in [-0.05, 0) is 50.2 Å². The Morgan fingerprint density at radius 1 is 1.10 bits per heavy atom. The first-order valence-electron chi connectivity index (χ1n) is 9.03. The fraction of sp³-hybridized carbons (Fsp3) is 0.227. The SMILES string of the molecule is COc1ccc2c(CC(=O)O[C@H](C)C(=O)Nc3ccc(C(C)=O)cc3)coc2c1. The van der Waals surface area contributed by atoms with Crippen LogP contribution in [0.3, 0.4) is 0 Å². The molecule has 3 rings (SSSR count). The number of rotatable bonds is 7. The fourth-order valence-corrected chi connectivity index (χ4v) is 2.81. The summed E-state index contributed by atoms with van der Waals surface area (Å²) in [4.78, 5) is 35.8. The van der Waals surface area contributed by atoms with E-state index in [2.05, 4.69) is 5.32 Å². The summed E-state index contributed by atoms with van der Waals surface area (Å²) in [5.74, 6) is -0.410. The molecule has 0 saturated carbocycles. The average Bonchev–Trinajstić information content (AvgIpc) is 3.09. The summed E-state index contributed by atoms with van der Waals surface area (Å²) in [6.07, 6.45) is 0.491. The first-order valence-corrected chi connectivity index (χ1v) is 9.03. The second-order valence-electron chi connectivity index (χ2n) is 6.55. The minimum atomic E-state index is -0.978. The van der Waals surface area contributed by atoms with E-state index in [4.69, 9.17) is 13.9 Å². The molecule has 150 valence electrons. The standard InChI is InChI=1S/C22H21NO6/c1-13(24)15-4-6-17(7-5-15)23-22(26)14(2)29-21(25)10-16-12-28-20-11-18(27-3)8-9-19(16)20/h4-9,11-12,14H,10H2,1-3H3,(H,23,26)/t14-/m1/s1. The lowest BCUT2D eigenvalue weighted by atomic mass is 10.1. The van der Waals surface area contributed by atoms with Crippen LogP contribution in [0.5, 0.6) is 5.75 Å². The summed E-state index contributed by atoms with van der Waals surface area (Å²) in [6, 6.07) is 11.8. The first-order chi connectivity index (χ1) is 13.9. The second-order valence-corrected chi connectivity index (χ2v) is 6.55. The van der Waals surface area contributed by atoms with Crippen LogP contribution in [0.25, 0.3) is 11.0 Å². The molecular weight excluding hydrogens is 374 g/mol. The Hall–Kier alpha value is -3.61. The van der Waals surface area contributed by atoms with Gasteiger partial charge >= 0.3 is 5.97 Å². The topological polar surface area (TPSA) is 94.8 Å². The molecular formula is C22H21NO6. The predicted octanol–water partition coefficient (Wildman–Crippen LogP) is 3.76. The predicted molar refractivity (Wildman–Crippen MR) is 107 cm³/mol. The number of ketones is 1. The summed E-state index contributed by atoms with van der Waals surface area (Å²) in [5.41, 5.74) is 2.33.